The van der Waals surface area contributed by atoms with Gasteiger partial charge in [0, 0.05) is 0 Å². The van der Waals surface area contributed by atoms with Crippen LogP contribution in [-0.4, -0.2) is 6.61 Å². The lowest BCUT2D eigenvalue weighted by atomic mass is 9.84. The van der Waals surface area contributed by atoms with Crippen molar-refractivity contribution in [3.8, 4) is 5.75 Å². The van der Waals surface area contributed by atoms with Crippen LogP contribution in [-0.2, 0) is 0 Å². The molecule has 0 N–H and O–H groups in total. The lowest BCUT2D eigenvalue weighted by Gasteiger charge is -2.22. The van der Waals surface area contributed by atoms with E-state index in [0.29, 0.717) is 0 Å². The molecule has 0 heterocycles. The van der Waals surface area contributed by atoms with Crippen LogP contribution in [0.5, 0.6) is 5.75 Å². The molecule has 0 spiro atoms. The van der Waals surface area contributed by atoms with Gasteiger partial charge in [-0.2, -0.15) is 0 Å². The van der Waals surface area contributed by atoms with Crippen molar-refractivity contribution in [3.63, 3.8) is 0 Å². The molecule has 0 amide bonds. The first-order chi connectivity index (χ1) is 11.3. The van der Waals surface area contributed by atoms with Crippen LogP contribution in [0, 0.1) is 5.92 Å². The fourth-order valence-corrected chi connectivity index (χ4v) is 3.43. The van der Waals surface area contributed by atoms with Gasteiger partial charge in [-0.3, -0.25) is 0 Å². The number of rotatable bonds is 10. The normalized spacial score (nSPS) is 17.8. The van der Waals surface area contributed by atoms with E-state index < -0.39 is 0 Å². The van der Waals surface area contributed by atoms with Gasteiger partial charge in [-0.15, -0.1) is 0 Å². The van der Waals surface area contributed by atoms with Crippen LogP contribution in [0.2, 0.25) is 0 Å². The van der Waals surface area contributed by atoms with Crippen LogP contribution < -0.4 is 4.74 Å². The second-order valence-electron chi connectivity index (χ2n) is 6.95. The van der Waals surface area contributed by atoms with Crippen LogP contribution in [0.15, 0.2) is 30.3 Å². The Morgan fingerprint density at radius 2 is 1.74 bits per heavy atom. The SMILES string of the molecule is CCCCCCCC1CC=C(c2ccc(OCCC)cc2)CC1. The van der Waals surface area contributed by atoms with Crippen LogP contribution in [0.1, 0.15) is 83.6 Å². The Balaban J connectivity index is 1.75. The van der Waals surface area contributed by atoms with Crippen molar-refractivity contribution in [1.29, 1.82) is 0 Å². The van der Waals surface area contributed by atoms with Crippen LogP contribution in [0.3, 0.4) is 0 Å². The number of unbranched alkanes of at least 4 members (excludes halogenated alkanes) is 4. The van der Waals surface area contributed by atoms with E-state index in [4.69, 9.17) is 4.74 Å². The third-order valence-corrected chi connectivity index (χ3v) is 4.93. The summed E-state index contributed by atoms with van der Waals surface area (Å²) >= 11 is 0. The van der Waals surface area contributed by atoms with Crippen LogP contribution in [0.4, 0.5) is 0 Å². The molecule has 128 valence electrons. The molecule has 1 aromatic rings. The van der Waals surface area contributed by atoms with E-state index in [1.165, 1.54) is 68.9 Å². The van der Waals surface area contributed by atoms with Gasteiger partial charge in [0.1, 0.15) is 5.75 Å². The molecule has 1 aliphatic carbocycles. The Morgan fingerprint density at radius 3 is 2.39 bits per heavy atom. The van der Waals surface area contributed by atoms with Gasteiger partial charge in [0.25, 0.3) is 0 Å². The van der Waals surface area contributed by atoms with Gasteiger partial charge in [0.05, 0.1) is 6.61 Å². The highest BCUT2D eigenvalue weighted by atomic mass is 16.5. The molecule has 0 radical (unpaired) electrons. The zero-order valence-corrected chi connectivity index (χ0v) is 15.2. The van der Waals surface area contributed by atoms with Gasteiger partial charge in [-0.25, -0.2) is 0 Å². The smallest absolute Gasteiger partial charge is 0.119 e. The molecule has 1 unspecified atom stereocenters. The van der Waals surface area contributed by atoms with E-state index in [1.807, 2.05) is 0 Å². The van der Waals surface area contributed by atoms with Crippen LogP contribution in [0.25, 0.3) is 5.57 Å². The molecule has 1 heteroatoms. The van der Waals surface area contributed by atoms with E-state index in [0.717, 1.165) is 24.7 Å². The fourth-order valence-electron chi connectivity index (χ4n) is 3.43. The van der Waals surface area contributed by atoms with Gasteiger partial charge < -0.3 is 4.74 Å². The Labute approximate surface area is 143 Å². The molecule has 0 aliphatic heterocycles. The molecule has 1 atom stereocenters. The minimum atomic E-state index is 0.808. The molecule has 1 nitrogen and oxygen atoms in total. The molecule has 0 bridgehead atoms. The quantitative estimate of drug-likeness (QED) is 0.422. The monoisotopic (exact) mass is 314 g/mol. The van der Waals surface area contributed by atoms with Crippen molar-refractivity contribution in [3.05, 3.63) is 35.9 Å². The Hall–Kier alpha value is -1.24. The zero-order chi connectivity index (χ0) is 16.3. The summed E-state index contributed by atoms with van der Waals surface area (Å²) in [6, 6.07) is 8.68. The summed E-state index contributed by atoms with van der Waals surface area (Å²) in [4.78, 5) is 0. The predicted octanol–water partition coefficient (Wildman–Crippen LogP) is 7.02. The third kappa shape index (κ3) is 6.41. The zero-order valence-electron chi connectivity index (χ0n) is 15.2. The van der Waals surface area contributed by atoms with Crippen molar-refractivity contribution in [1.82, 2.24) is 0 Å². The number of benzene rings is 1. The molecule has 1 aromatic carbocycles. The lowest BCUT2D eigenvalue weighted by Crippen LogP contribution is -2.05. The first kappa shape index (κ1) is 18.1. The minimum Gasteiger partial charge on any atom is -0.494 e. The molecule has 0 saturated heterocycles. The summed E-state index contributed by atoms with van der Waals surface area (Å²) < 4.78 is 5.67. The maximum Gasteiger partial charge on any atom is 0.119 e. The first-order valence-electron chi connectivity index (χ1n) is 9.75. The number of ether oxygens (including phenoxy) is 1. The Morgan fingerprint density at radius 1 is 0.957 bits per heavy atom. The highest BCUT2D eigenvalue weighted by molar-refractivity contribution is 5.66. The van der Waals surface area contributed by atoms with Crippen molar-refractivity contribution < 1.29 is 4.74 Å². The highest BCUT2D eigenvalue weighted by Crippen LogP contribution is 2.33. The average Bonchev–Trinajstić information content (AvgIpc) is 2.61. The summed E-state index contributed by atoms with van der Waals surface area (Å²) in [6.45, 7) is 5.24. The molecule has 0 saturated carbocycles. The molecular formula is C22H34O. The summed E-state index contributed by atoms with van der Waals surface area (Å²) in [5, 5.41) is 0. The first-order valence-corrected chi connectivity index (χ1v) is 9.75. The van der Waals surface area contributed by atoms with Gasteiger partial charge >= 0.3 is 0 Å². The van der Waals surface area contributed by atoms with E-state index in [-0.39, 0.29) is 0 Å². The van der Waals surface area contributed by atoms with Crippen molar-refractivity contribution in [2.24, 2.45) is 5.92 Å². The summed E-state index contributed by atoms with van der Waals surface area (Å²) in [5.74, 6) is 1.92. The van der Waals surface area contributed by atoms with E-state index in [1.54, 1.807) is 0 Å². The molecule has 2 rings (SSSR count). The number of hydrogen-bond donors (Lipinski definition) is 0. The topological polar surface area (TPSA) is 9.23 Å². The standard InChI is InChI=1S/C22H34O/c1-3-5-6-7-8-9-19-10-12-20(13-11-19)21-14-16-22(17-15-21)23-18-4-2/h12,14-17,19H,3-11,13,18H2,1-2H3. The highest BCUT2D eigenvalue weighted by Gasteiger charge is 2.15. The number of allylic oxidation sites excluding steroid dienone is 2. The van der Waals surface area contributed by atoms with Gasteiger partial charge in [-0.05, 0) is 54.9 Å². The van der Waals surface area contributed by atoms with E-state index >= 15 is 0 Å². The predicted molar refractivity (Wildman–Crippen MR) is 101 cm³/mol. The average molecular weight is 315 g/mol. The molecule has 1 aliphatic rings. The summed E-state index contributed by atoms with van der Waals surface area (Å²) in [6.07, 6.45) is 15.9. The second-order valence-corrected chi connectivity index (χ2v) is 6.95. The maximum absolute atomic E-state index is 5.67. The van der Waals surface area contributed by atoms with Crippen molar-refractivity contribution in [2.75, 3.05) is 6.61 Å². The van der Waals surface area contributed by atoms with Gasteiger partial charge in [0.15, 0.2) is 0 Å². The van der Waals surface area contributed by atoms with E-state index in [2.05, 4.69) is 44.2 Å². The lowest BCUT2D eigenvalue weighted by molar-refractivity contribution is 0.317. The van der Waals surface area contributed by atoms with Crippen molar-refractivity contribution in [2.45, 2.75) is 78.1 Å². The van der Waals surface area contributed by atoms with E-state index in [9.17, 15) is 0 Å². The molecule has 23 heavy (non-hydrogen) atoms. The fraction of sp³-hybridized carbons (Fsp3) is 0.636. The van der Waals surface area contributed by atoms with Gasteiger partial charge in [0.2, 0.25) is 0 Å². The Kier molecular flexibility index (Phi) is 8.28. The molecular weight excluding hydrogens is 280 g/mol. The molecule has 0 fully saturated rings. The Bertz CT molecular complexity index is 457. The minimum absolute atomic E-state index is 0.808. The largest absolute Gasteiger partial charge is 0.494 e. The number of hydrogen-bond acceptors (Lipinski definition) is 1. The second kappa shape index (κ2) is 10.5. The summed E-state index contributed by atoms with van der Waals surface area (Å²) in [7, 11) is 0. The van der Waals surface area contributed by atoms with Crippen LogP contribution >= 0.6 is 0 Å². The van der Waals surface area contributed by atoms with Crippen molar-refractivity contribution >= 4 is 5.57 Å². The summed E-state index contributed by atoms with van der Waals surface area (Å²) in [5.41, 5.74) is 2.92. The maximum atomic E-state index is 5.67. The van der Waals surface area contributed by atoms with Gasteiger partial charge in [-0.1, -0.05) is 70.6 Å². The third-order valence-electron chi connectivity index (χ3n) is 4.93. The molecule has 0 aromatic heterocycles.